The van der Waals surface area contributed by atoms with E-state index in [1.165, 1.54) is 48.5 Å². The number of benzene rings is 2. The number of nitrogens with one attached hydrogen (secondary N) is 1. The van der Waals surface area contributed by atoms with Gasteiger partial charge in [0.2, 0.25) is 0 Å². The molecule has 1 amide bonds. The highest BCUT2D eigenvalue weighted by Crippen LogP contribution is 2.18. The van der Waals surface area contributed by atoms with Crippen molar-refractivity contribution in [3.63, 3.8) is 0 Å². The predicted molar refractivity (Wildman–Crippen MR) is 79.3 cm³/mol. The van der Waals surface area contributed by atoms with Gasteiger partial charge in [0.05, 0.1) is 6.10 Å². The van der Waals surface area contributed by atoms with Gasteiger partial charge in [0.25, 0.3) is 5.91 Å². The van der Waals surface area contributed by atoms with Crippen molar-refractivity contribution in [3.05, 3.63) is 71.3 Å². The van der Waals surface area contributed by atoms with Gasteiger partial charge < -0.3 is 10.4 Å². The van der Waals surface area contributed by atoms with Gasteiger partial charge in [-0.05, 0) is 55.3 Å². The van der Waals surface area contributed by atoms with Gasteiger partial charge >= 0.3 is 0 Å². The van der Waals surface area contributed by atoms with E-state index >= 15 is 0 Å². The molecule has 2 rings (SSSR count). The Bertz CT molecular complexity index is 626. The SMILES string of the molecule is CC(CC(O)c1ccc(F)cc1)NC(=O)c1ccc(F)cc1. The number of aliphatic hydroxyl groups excluding tert-OH is 1. The first-order chi connectivity index (χ1) is 10.5. The monoisotopic (exact) mass is 305 g/mol. The largest absolute Gasteiger partial charge is 0.388 e. The second-order valence-electron chi connectivity index (χ2n) is 5.18. The third kappa shape index (κ3) is 4.36. The van der Waals surface area contributed by atoms with Gasteiger partial charge in [-0.3, -0.25) is 4.79 Å². The van der Waals surface area contributed by atoms with E-state index in [4.69, 9.17) is 0 Å². The summed E-state index contributed by atoms with van der Waals surface area (Å²) >= 11 is 0. The number of carbonyl (C=O) groups excluding carboxylic acids is 1. The van der Waals surface area contributed by atoms with Crippen LogP contribution < -0.4 is 5.32 Å². The smallest absolute Gasteiger partial charge is 0.251 e. The topological polar surface area (TPSA) is 49.3 Å². The summed E-state index contributed by atoms with van der Waals surface area (Å²) in [5, 5.41) is 12.8. The van der Waals surface area contributed by atoms with Crippen molar-refractivity contribution in [2.24, 2.45) is 0 Å². The summed E-state index contributed by atoms with van der Waals surface area (Å²) in [5.41, 5.74) is 0.939. The summed E-state index contributed by atoms with van der Waals surface area (Å²) in [5.74, 6) is -1.11. The standard InChI is InChI=1S/C17H17F2NO2/c1-11(10-16(21)12-2-6-14(18)7-3-12)20-17(22)13-4-8-15(19)9-5-13/h2-9,11,16,21H,10H2,1H3,(H,20,22). The molecule has 2 aromatic rings. The molecule has 0 heterocycles. The average molecular weight is 305 g/mol. The van der Waals surface area contributed by atoms with Gasteiger partial charge in [0.1, 0.15) is 11.6 Å². The van der Waals surface area contributed by atoms with Crippen molar-refractivity contribution in [2.45, 2.75) is 25.5 Å². The fourth-order valence-corrected chi connectivity index (χ4v) is 2.12. The Morgan fingerprint density at radius 1 is 1.05 bits per heavy atom. The molecular weight excluding hydrogens is 288 g/mol. The number of carbonyl (C=O) groups is 1. The second kappa shape index (κ2) is 7.13. The number of hydrogen-bond donors (Lipinski definition) is 2. The summed E-state index contributed by atoms with van der Waals surface area (Å²) in [6.45, 7) is 1.76. The first kappa shape index (κ1) is 16.1. The van der Waals surface area contributed by atoms with E-state index in [0.717, 1.165) is 0 Å². The molecule has 2 atom stereocenters. The highest BCUT2D eigenvalue weighted by atomic mass is 19.1. The molecule has 0 bridgehead atoms. The highest BCUT2D eigenvalue weighted by Gasteiger charge is 2.15. The Labute approximate surface area is 127 Å². The summed E-state index contributed by atoms with van der Waals surface area (Å²) in [6.07, 6.45) is -0.511. The minimum Gasteiger partial charge on any atom is -0.388 e. The zero-order valence-corrected chi connectivity index (χ0v) is 12.1. The molecule has 3 nitrogen and oxygen atoms in total. The van der Waals surface area contributed by atoms with Crippen LogP contribution in [0.4, 0.5) is 8.78 Å². The summed E-state index contributed by atoms with van der Waals surface area (Å²) in [6, 6.07) is 10.5. The minimum atomic E-state index is -0.802. The van der Waals surface area contributed by atoms with E-state index < -0.39 is 11.9 Å². The maximum atomic E-state index is 12.8. The molecule has 5 heteroatoms. The molecule has 0 saturated heterocycles. The van der Waals surface area contributed by atoms with Crippen LogP contribution in [0.5, 0.6) is 0 Å². The van der Waals surface area contributed by atoms with Crippen molar-refractivity contribution in [1.29, 1.82) is 0 Å². The molecule has 2 unspecified atom stereocenters. The summed E-state index contributed by atoms with van der Waals surface area (Å²) < 4.78 is 25.6. The third-order valence-corrected chi connectivity index (χ3v) is 3.32. The quantitative estimate of drug-likeness (QED) is 0.891. The average Bonchev–Trinajstić information content (AvgIpc) is 2.48. The molecule has 116 valence electrons. The fourth-order valence-electron chi connectivity index (χ4n) is 2.12. The van der Waals surface area contributed by atoms with E-state index in [9.17, 15) is 18.7 Å². The number of amides is 1. The number of halogens is 2. The molecule has 0 aliphatic rings. The Hall–Kier alpha value is -2.27. The molecule has 0 spiro atoms. The first-order valence-electron chi connectivity index (χ1n) is 6.95. The number of rotatable bonds is 5. The van der Waals surface area contributed by atoms with Gasteiger partial charge in [0, 0.05) is 11.6 Å². The van der Waals surface area contributed by atoms with Crippen LogP contribution >= 0.6 is 0 Å². The Balaban J connectivity index is 1.91. The van der Waals surface area contributed by atoms with Crippen LogP contribution in [0, 0.1) is 11.6 Å². The van der Waals surface area contributed by atoms with E-state index in [2.05, 4.69) is 5.32 Å². The first-order valence-corrected chi connectivity index (χ1v) is 6.95. The van der Waals surface area contributed by atoms with Gasteiger partial charge in [-0.15, -0.1) is 0 Å². The van der Waals surface area contributed by atoms with E-state index in [-0.39, 0.29) is 17.8 Å². The predicted octanol–water partition coefficient (Wildman–Crippen LogP) is 3.21. The molecule has 22 heavy (non-hydrogen) atoms. The molecule has 2 aromatic carbocycles. The van der Waals surface area contributed by atoms with E-state index in [0.29, 0.717) is 17.5 Å². The lowest BCUT2D eigenvalue weighted by molar-refractivity contribution is 0.0917. The van der Waals surface area contributed by atoms with Crippen LogP contribution in [0.1, 0.15) is 35.4 Å². The van der Waals surface area contributed by atoms with Crippen molar-refractivity contribution < 1.29 is 18.7 Å². The van der Waals surface area contributed by atoms with E-state index in [1.807, 2.05) is 0 Å². The number of aliphatic hydroxyl groups is 1. The lowest BCUT2D eigenvalue weighted by Crippen LogP contribution is -2.33. The lowest BCUT2D eigenvalue weighted by atomic mass is 10.0. The van der Waals surface area contributed by atoms with Gasteiger partial charge in [-0.25, -0.2) is 8.78 Å². The summed E-state index contributed by atoms with van der Waals surface area (Å²) in [7, 11) is 0. The maximum Gasteiger partial charge on any atom is 0.251 e. The van der Waals surface area contributed by atoms with Crippen molar-refractivity contribution in [1.82, 2.24) is 5.32 Å². The Morgan fingerprint density at radius 3 is 2.09 bits per heavy atom. The molecule has 0 radical (unpaired) electrons. The highest BCUT2D eigenvalue weighted by molar-refractivity contribution is 5.94. The maximum absolute atomic E-state index is 12.8. The zero-order valence-electron chi connectivity index (χ0n) is 12.1. The van der Waals surface area contributed by atoms with Crippen LogP contribution in [-0.2, 0) is 0 Å². The number of hydrogen-bond acceptors (Lipinski definition) is 2. The van der Waals surface area contributed by atoms with Gasteiger partial charge in [-0.1, -0.05) is 12.1 Å². The minimum absolute atomic E-state index is 0.290. The van der Waals surface area contributed by atoms with E-state index in [1.54, 1.807) is 6.92 Å². The lowest BCUT2D eigenvalue weighted by Gasteiger charge is -2.18. The normalized spacial score (nSPS) is 13.5. The molecule has 0 saturated carbocycles. The fraction of sp³-hybridized carbons (Fsp3) is 0.235. The van der Waals surface area contributed by atoms with Crippen LogP contribution in [0.25, 0.3) is 0 Å². The molecule has 0 aliphatic heterocycles. The molecule has 0 aromatic heterocycles. The van der Waals surface area contributed by atoms with Crippen LogP contribution in [-0.4, -0.2) is 17.1 Å². The third-order valence-electron chi connectivity index (χ3n) is 3.32. The zero-order chi connectivity index (χ0) is 16.1. The molecule has 0 aliphatic carbocycles. The van der Waals surface area contributed by atoms with Crippen molar-refractivity contribution in [2.75, 3.05) is 0 Å². The van der Waals surface area contributed by atoms with Crippen LogP contribution in [0.2, 0.25) is 0 Å². The summed E-state index contributed by atoms with van der Waals surface area (Å²) in [4.78, 5) is 12.0. The molecular formula is C17H17F2NO2. The Morgan fingerprint density at radius 2 is 1.55 bits per heavy atom. The van der Waals surface area contributed by atoms with Gasteiger partial charge in [0.15, 0.2) is 0 Å². The van der Waals surface area contributed by atoms with Crippen molar-refractivity contribution >= 4 is 5.91 Å². The van der Waals surface area contributed by atoms with Crippen LogP contribution in [0.3, 0.4) is 0 Å². The molecule has 2 N–H and O–H groups in total. The Kier molecular flexibility index (Phi) is 5.22. The second-order valence-corrected chi connectivity index (χ2v) is 5.18. The van der Waals surface area contributed by atoms with Crippen LogP contribution in [0.15, 0.2) is 48.5 Å². The van der Waals surface area contributed by atoms with Gasteiger partial charge in [-0.2, -0.15) is 0 Å². The van der Waals surface area contributed by atoms with Crippen molar-refractivity contribution in [3.8, 4) is 0 Å². The molecule has 0 fully saturated rings.